The van der Waals surface area contributed by atoms with Crippen LogP contribution in [0.3, 0.4) is 0 Å². The number of benzene rings is 1. The first-order chi connectivity index (χ1) is 12.4. The van der Waals surface area contributed by atoms with Crippen LogP contribution in [0.2, 0.25) is 0 Å². The third-order valence-electron chi connectivity index (χ3n) is 3.69. The fourth-order valence-corrected chi connectivity index (χ4v) is 2.42. The Labute approximate surface area is 170 Å². The second kappa shape index (κ2) is 10.5. The van der Waals surface area contributed by atoms with E-state index < -0.39 is 0 Å². The normalized spacial score (nSPS) is 10.9. The van der Waals surface area contributed by atoms with E-state index in [2.05, 4.69) is 30.8 Å². The third-order valence-corrected chi connectivity index (χ3v) is 3.69. The molecule has 0 atom stereocenters. The maximum absolute atomic E-state index is 4.31. The second-order valence-electron chi connectivity index (χ2n) is 5.38. The molecule has 0 spiro atoms. The minimum atomic E-state index is 0. The van der Waals surface area contributed by atoms with Crippen LogP contribution in [0, 0.1) is 0 Å². The minimum Gasteiger partial charge on any atom is -0.356 e. The monoisotopic (exact) mass is 463 g/mol. The lowest BCUT2D eigenvalue weighted by Crippen LogP contribution is -2.38. The Morgan fingerprint density at radius 3 is 2.62 bits per heavy atom. The number of nitrogens with zero attached hydrogens (tertiary/aromatic N) is 5. The lowest BCUT2D eigenvalue weighted by atomic mass is 10.3. The smallest absolute Gasteiger partial charge is 0.191 e. The molecule has 8 heteroatoms. The van der Waals surface area contributed by atoms with Gasteiger partial charge in [0.25, 0.3) is 0 Å². The van der Waals surface area contributed by atoms with E-state index in [1.54, 1.807) is 19.6 Å². The van der Waals surface area contributed by atoms with Gasteiger partial charge in [0, 0.05) is 37.6 Å². The Bertz CT molecular complexity index is 803. The van der Waals surface area contributed by atoms with E-state index >= 15 is 0 Å². The van der Waals surface area contributed by atoms with Crippen molar-refractivity contribution in [2.24, 2.45) is 4.99 Å². The molecule has 0 saturated carbocycles. The van der Waals surface area contributed by atoms with Crippen molar-refractivity contribution in [2.75, 3.05) is 13.6 Å². The largest absolute Gasteiger partial charge is 0.356 e. The molecule has 0 amide bonds. The van der Waals surface area contributed by atoms with Gasteiger partial charge in [0.05, 0.1) is 6.54 Å². The Hall–Kier alpha value is -2.49. The Morgan fingerprint density at radius 1 is 1.08 bits per heavy atom. The molecular weight excluding hydrogens is 441 g/mol. The van der Waals surface area contributed by atoms with E-state index in [9.17, 15) is 0 Å². The molecule has 0 aliphatic rings. The van der Waals surface area contributed by atoms with Crippen LogP contribution in [-0.4, -0.2) is 39.3 Å². The van der Waals surface area contributed by atoms with E-state index in [0.29, 0.717) is 6.54 Å². The molecule has 136 valence electrons. The zero-order chi connectivity index (χ0) is 17.3. The van der Waals surface area contributed by atoms with Crippen LogP contribution in [0.25, 0.3) is 5.69 Å². The number of nitrogens with one attached hydrogen (secondary N) is 2. The molecule has 2 N–H and O–H groups in total. The van der Waals surface area contributed by atoms with Crippen molar-refractivity contribution in [3.05, 3.63) is 72.6 Å². The van der Waals surface area contributed by atoms with Gasteiger partial charge in [0.1, 0.15) is 6.33 Å². The van der Waals surface area contributed by atoms with Crippen molar-refractivity contribution in [1.29, 1.82) is 0 Å². The quantitative estimate of drug-likeness (QED) is 0.333. The highest BCUT2D eigenvalue weighted by atomic mass is 127. The molecule has 0 saturated heterocycles. The van der Waals surface area contributed by atoms with E-state index in [1.807, 2.05) is 53.1 Å². The highest BCUT2D eigenvalue weighted by Gasteiger charge is 2.07. The van der Waals surface area contributed by atoms with Gasteiger partial charge in [0.15, 0.2) is 11.8 Å². The number of hydrogen-bond donors (Lipinski definition) is 2. The number of guanidine groups is 1. The topological polar surface area (TPSA) is 80.0 Å². The van der Waals surface area contributed by atoms with Crippen molar-refractivity contribution >= 4 is 29.9 Å². The molecule has 0 unspecified atom stereocenters. The average Bonchev–Trinajstić information content (AvgIpc) is 3.14. The Balaban J connectivity index is 0.00000243. The van der Waals surface area contributed by atoms with Crippen molar-refractivity contribution in [2.45, 2.75) is 13.0 Å². The van der Waals surface area contributed by atoms with Crippen LogP contribution < -0.4 is 10.6 Å². The van der Waals surface area contributed by atoms with Gasteiger partial charge in [-0.25, -0.2) is 0 Å². The van der Waals surface area contributed by atoms with Crippen molar-refractivity contribution in [3.63, 3.8) is 0 Å². The zero-order valence-electron chi connectivity index (χ0n) is 14.5. The summed E-state index contributed by atoms with van der Waals surface area (Å²) in [5, 5.41) is 14.7. The molecule has 3 rings (SSSR count). The number of aromatic nitrogens is 4. The molecule has 0 bridgehead atoms. The first kappa shape index (κ1) is 19.8. The summed E-state index contributed by atoms with van der Waals surface area (Å²) in [6.45, 7) is 1.28. The highest BCUT2D eigenvalue weighted by molar-refractivity contribution is 14.0. The van der Waals surface area contributed by atoms with Crippen molar-refractivity contribution < 1.29 is 0 Å². The van der Waals surface area contributed by atoms with Crippen molar-refractivity contribution in [1.82, 2.24) is 30.4 Å². The maximum atomic E-state index is 4.31. The standard InChI is InChI=1S/C18H21N7.HI/c1-19-18(21-12-10-15-7-5-6-11-20-15)22-13-17-24-23-14-25(17)16-8-3-2-4-9-16;/h2-9,11,14H,10,12-13H2,1H3,(H2,19,21,22);1H. The number of hydrogen-bond acceptors (Lipinski definition) is 4. The van der Waals surface area contributed by atoms with Gasteiger partial charge in [0.2, 0.25) is 0 Å². The number of para-hydroxylation sites is 1. The SMILES string of the molecule is CN=C(NCCc1ccccn1)NCc1nncn1-c1ccccc1.I. The summed E-state index contributed by atoms with van der Waals surface area (Å²) in [4.78, 5) is 8.55. The molecule has 0 fully saturated rings. The first-order valence-corrected chi connectivity index (χ1v) is 8.15. The maximum Gasteiger partial charge on any atom is 0.191 e. The molecule has 26 heavy (non-hydrogen) atoms. The number of aliphatic imine (C=N–C) groups is 1. The molecule has 2 heterocycles. The summed E-state index contributed by atoms with van der Waals surface area (Å²) in [5.41, 5.74) is 2.08. The molecule has 3 aromatic rings. The van der Waals surface area contributed by atoms with Crippen LogP contribution in [0.4, 0.5) is 0 Å². The average molecular weight is 463 g/mol. The zero-order valence-corrected chi connectivity index (χ0v) is 16.9. The summed E-state index contributed by atoms with van der Waals surface area (Å²) in [6, 6.07) is 15.9. The third kappa shape index (κ3) is 5.51. The number of pyridine rings is 1. The van der Waals surface area contributed by atoms with E-state index in [4.69, 9.17) is 0 Å². The summed E-state index contributed by atoms with van der Waals surface area (Å²) in [5.74, 6) is 1.54. The molecule has 0 aliphatic carbocycles. The second-order valence-corrected chi connectivity index (χ2v) is 5.38. The van der Waals surface area contributed by atoms with Crippen LogP contribution in [0.1, 0.15) is 11.5 Å². The van der Waals surface area contributed by atoms with Gasteiger partial charge in [-0.1, -0.05) is 24.3 Å². The summed E-state index contributed by atoms with van der Waals surface area (Å²) in [7, 11) is 1.75. The fourth-order valence-electron chi connectivity index (χ4n) is 2.42. The van der Waals surface area contributed by atoms with Crippen molar-refractivity contribution in [3.8, 4) is 5.69 Å². The molecule has 1 aromatic carbocycles. The van der Waals surface area contributed by atoms with Gasteiger partial charge in [-0.3, -0.25) is 14.5 Å². The summed E-state index contributed by atoms with van der Waals surface area (Å²) < 4.78 is 1.95. The van der Waals surface area contributed by atoms with E-state index in [1.165, 1.54) is 0 Å². The molecule has 0 radical (unpaired) electrons. The highest BCUT2D eigenvalue weighted by Crippen LogP contribution is 2.08. The van der Waals surface area contributed by atoms with Gasteiger partial charge < -0.3 is 10.6 Å². The predicted molar refractivity (Wildman–Crippen MR) is 113 cm³/mol. The van der Waals surface area contributed by atoms with Crippen LogP contribution in [-0.2, 0) is 13.0 Å². The molecular formula is C18H22IN7. The number of rotatable bonds is 6. The lowest BCUT2D eigenvalue weighted by Gasteiger charge is -2.12. The Morgan fingerprint density at radius 2 is 1.88 bits per heavy atom. The number of halogens is 1. The van der Waals surface area contributed by atoms with Gasteiger partial charge in [-0.05, 0) is 24.3 Å². The molecule has 0 aliphatic heterocycles. The molecule has 2 aromatic heterocycles. The summed E-state index contributed by atoms with van der Waals surface area (Å²) in [6.07, 6.45) is 4.35. The van der Waals surface area contributed by atoms with Crippen LogP contribution >= 0.6 is 24.0 Å². The predicted octanol–water partition coefficient (Wildman–Crippen LogP) is 2.19. The minimum absolute atomic E-state index is 0. The Kier molecular flexibility index (Phi) is 8.00. The van der Waals surface area contributed by atoms with E-state index in [-0.39, 0.29) is 24.0 Å². The summed E-state index contributed by atoms with van der Waals surface area (Å²) >= 11 is 0. The van der Waals surface area contributed by atoms with Crippen LogP contribution in [0.15, 0.2) is 66.0 Å². The van der Waals surface area contributed by atoms with Gasteiger partial charge in [-0.15, -0.1) is 34.2 Å². The fraction of sp³-hybridized carbons (Fsp3) is 0.222. The van der Waals surface area contributed by atoms with E-state index in [0.717, 1.165) is 36.1 Å². The van der Waals surface area contributed by atoms with Gasteiger partial charge in [-0.2, -0.15) is 0 Å². The van der Waals surface area contributed by atoms with Crippen LogP contribution in [0.5, 0.6) is 0 Å². The lowest BCUT2D eigenvalue weighted by molar-refractivity contribution is 0.746. The first-order valence-electron chi connectivity index (χ1n) is 8.15. The molecule has 7 nitrogen and oxygen atoms in total. The van der Waals surface area contributed by atoms with Gasteiger partial charge >= 0.3 is 0 Å².